The van der Waals surface area contributed by atoms with Gasteiger partial charge in [0.1, 0.15) is 6.10 Å². The monoisotopic (exact) mass is 397 g/mol. The molecule has 0 fully saturated rings. The summed E-state index contributed by atoms with van der Waals surface area (Å²) < 4.78 is 16.3. The highest BCUT2D eigenvalue weighted by Crippen LogP contribution is 2.23. The van der Waals surface area contributed by atoms with Gasteiger partial charge in [0.2, 0.25) is 1.43 Å². The Bertz CT molecular complexity index is 832. The summed E-state index contributed by atoms with van der Waals surface area (Å²) in [5.41, 5.74) is 3.86. The summed E-state index contributed by atoms with van der Waals surface area (Å²) in [5.74, 6) is 0. The predicted octanol–water partition coefficient (Wildman–Crippen LogP) is 4.77. The highest BCUT2D eigenvalue weighted by Gasteiger charge is 2.25. The van der Waals surface area contributed by atoms with Crippen LogP contribution in [0.15, 0.2) is 78.2 Å². The van der Waals surface area contributed by atoms with E-state index in [9.17, 15) is 0 Å². The number of hydrogen-bond donors (Lipinski definition) is 2. The number of aromatic nitrogens is 2. The molecule has 2 N–H and O–H groups in total. The normalized spacial score (nSPS) is 18.1. The van der Waals surface area contributed by atoms with Gasteiger partial charge in [-0.1, -0.05) is 60.7 Å². The SMILES string of the molecule is [3H]OS[C@@H]1N=CO[C@H]1CCc1ccccc1.c1ccc(CCc2cnc[nH]2)cc1. The van der Waals surface area contributed by atoms with Crippen LogP contribution in [0.4, 0.5) is 0 Å². The summed E-state index contributed by atoms with van der Waals surface area (Å²) in [4.78, 5) is 11.2. The van der Waals surface area contributed by atoms with E-state index in [1.807, 2.05) is 30.5 Å². The minimum Gasteiger partial charge on any atom is -0.477 e. The number of H-pyrrole nitrogens is 1. The van der Waals surface area contributed by atoms with Crippen molar-refractivity contribution in [3.05, 3.63) is 90.0 Å². The molecule has 3 aromatic rings. The third-order valence-electron chi connectivity index (χ3n) is 4.50. The molecule has 1 aliphatic heterocycles. The number of nitrogens with one attached hydrogen (secondary N) is 1. The zero-order valence-corrected chi connectivity index (χ0v) is 16.4. The fourth-order valence-electron chi connectivity index (χ4n) is 2.93. The molecule has 0 amide bonds. The number of aliphatic imine (C=N–C) groups is 1. The Morgan fingerprint density at radius 1 is 1.00 bits per heavy atom. The van der Waals surface area contributed by atoms with Gasteiger partial charge in [-0.3, -0.25) is 0 Å². The molecule has 0 bridgehead atoms. The average Bonchev–Trinajstić information content (AvgIpc) is 3.45. The number of benzene rings is 2. The lowest BCUT2D eigenvalue weighted by atomic mass is 10.1. The van der Waals surface area contributed by atoms with Crippen LogP contribution in [0.2, 0.25) is 0 Å². The van der Waals surface area contributed by atoms with Gasteiger partial charge in [0.05, 0.1) is 6.33 Å². The summed E-state index contributed by atoms with van der Waals surface area (Å²) in [6.45, 7) is 0. The quantitative estimate of drug-likeness (QED) is 0.537. The molecule has 0 unspecified atom stereocenters. The van der Waals surface area contributed by atoms with E-state index < -0.39 is 0 Å². The number of nitrogens with zero attached hydrogens (tertiary/aromatic N) is 2. The molecule has 5 nitrogen and oxygen atoms in total. The van der Waals surface area contributed by atoms with E-state index in [1.165, 1.54) is 23.2 Å². The predicted molar refractivity (Wildman–Crippen MR) is 115 cm³/mol. The zero-order valence-electron chi connectivity index (χ0n) is 16.6. The van der Waals surface area contributed by atoms with Gasteiger partial charge in [0, 0.05) is 23.9 Å². The minimum atomic E-state index is -0.110. The van der Waals surface area contributed by atoms with Gasteiger partial charge >= 0.3 is 0 Å². The van der Waals surface area contributed by atoms with Crippen LogP contribution in [0.5, 0.6) is 0 Å². The summed E-state index contributed by atoms with van der Waals surface area (Å²) in [6.07, 6.45) is 8.99. The summed E-state index contributed by atoms with van der Waals surface area (Å²) in [7, 11) is 0. The third kappa shape index (κ3) is 6.55. The van der Waals surface area contributed by atoms with Crippen LogP contribution >= 0.6 is 12.0 Å². The van der Waals surface area contributed by atoms with Crippen molar-refractivity contribution >= 4 is 18.4 Å². The number of hydrogen-bond acceptors (Lipinski definition) is 5. The maximum Gasteiger partial charge on any atom is 0.229 e. The summed E-state index contributed by atoms with van der Waals surface area (Å²) in [5, 5.41) is -0.110. The van der Waals surface area contributed by atoms with Gasteiger partial charge in [-0.15, -0.1) is 0 Å². The van der Waals surface area contributed by atoms with E-state index in [2.05, 4.69) is 55.9 Å². The van der Waals surface area contributed by atoms with Crippen LogP contribution in [0.3, 0.4) is 0 Å². The Hall–Kier alpha value is -2.57. The fraction of sp³-hybridized carbons (Fsp3) is 0.273. The number of aromatic amines is 1. The largest absolute Gasteiger partial charge is 0.477 e. The van der Waals surface area contributed by atoms with Crippen molar-refractivity contribution in [2.45, 2.75) is 37.2 Å². The molecule has 2 heterocycles. The second-order valence-electron chi connectivity index (χ2n) is 6.50. The first-order chi connectivity index (χ1) is 14.3. The van der Waals surface area contributed by atoms with Crippen LogP contribution in [0.25, 0.3) is 1.43 Å². The van der Waals surface area contributed by atoms with Crippen LogP contribution in [0, 0.1) is 0 Å². The van der Waals surface area contributed by atoms with Gasteiger partial charge < -0.3 is 14.3 Å². The van der Waals surface area contributed by atoms with Gasteiger partial charge in [-0.2, -0.15) is 0 Å². The molecule has 2 aromatic carbocycles. The van der Waals surface area contributed by atoms with Gasteiger partial charge in [0.15, 0.2) is 11.8 Å². The van der Waals surface area contributed by atoms with Crippen LogP contribution < -0.4 is 0 Å². The van der Waals surface area contributed by atoms with Crippen LogP contribution in [0.1, 0.15) is 23.2 Å². The average molecular weight is 398 g/mol. The van der Waals surface area contributed by atoms with Crippen molar-refractivity contribution in [3.8, 4) is 0 Å². The summed E-state index contributed by atoms with van der Waals surface area (Å²) >= 11 is 1.03. The first kappa shape index (κ1) is 18.8. The standard InChI is InChI=1S/C11H12N2.C11H13NO2S/c1-2-4-10(5-3-1)6-7-11-8-12-9-13-11;13-15-11-10(14-8-12-11)7-6-9-4-2-1-3-5-9/h1-5,8-9H,6-7H2,(H,12,13);1-5,8,10-11,13H,6-7H2/t;10-,11-/m.0/s1/i/hT. The van der Waals surface area contributed by atoms with E-state index >= 15 is 0 Å². The second-order valence-corrected chi connectivity index (χ2v) is 7.18. The molecule has 6 heteroatoms. The number of rotatable bonds is 8. The van der Waals surface area contributed by atoms with Gasteiger partial charge in [0.25, 0.3) is 0 Å². The maximum atomic E-state index is 6.69. The van der Waals surface area contributed by atoms with Gasteiger partial charge in [-0.05, 0) is 36.8 Å². The van der Waals surface area contributed by atoms with Crippen LogP contribution in [-0.4, -0.2) is 32.4 Å². The molecule has 0 saturated carbocycles. The van der Waals surface area contributed by atoms with E-state index in [-0.39, 0.29) is 11.5 Å². The molecular formula is C22H25N3O2S. The van der Waals surface area contributed by atoms with E-state index in [1.54, 1.807) is 6.33 Å². The molecule has 1 aromatic heterocycles. The first-order valence-electron chi connectivity index (χ1n) is 9.77. The van der Waals surface area contributed by atoms with Crippen molar-refractivity contribution in [1.29, 1.82) is 1.43 Å². The smallest absolute Gasteiger partial charge is 0.229 e. The molecule has 0 saturated heterocycles. The maximum absolute atomic E-state index is 6.69. The Balaban J connectivity index is 0.000000169. The van der Waals surface area contributed by atoms with Crippen LogP contribution in [-0.2, 0) is 24.0 Å². The number of imidazole rings is 1. The Kier molecular flexibility index (Phi) is 7.59. The lowest BCUT2D eigenvalue weighted by Gasteiger charge is -2.13. The first-order valence-corrected chi connectivity index (χ1v) is 10.2. The van der Waals surface area contributed by atoms with Gasteiger partial charge in [-0.25, -0.2) is 9.98 Å². The van der Waals surface area contributed by atoms with Crippen molar-refractivity contribution in [3.63, 3.8) is 0 Å². The number of aryl methyl sites for hydroxylation is 3. The molecule has 0 aliphatic carbocycles. The molecule has 2 atom stereocenters. The molecule has 146 valence electrons. The van der Waals surface area contributed by atoms with E-state index in [0.717, 1.165) is 37.7 Å². The second kappa shape index (κ2) is 11.3. The third-order valence-corrected chi connectivity index (χ3v) is 5.12. The molecule has 4 rings (SSSR count). The Morgan fingerprint density at radius 3 is 2.36 bits per heavy atom. The highest BCUT2D eigenvalue weighted by molar-refractivity contribution is 7.94. The Morgan fingerprint density at radius 2 is 1.71 bits per heavy atom. The topological polar surface area (TPSA) is 70.5 Å². The zero-order chi connectivity index (χ0) is 20.2. The lowest BCUT2D eigenvalue weighted by Crippen LogP contribution is -2.19. The van der Waals surface area contributed by atoms with Crippen molar-refractivity contribution in [2.24, 2.45) is 4.99 Å². The molecule has 0 spiro atoms. The minimum absolute atomic E-state index is 0.00977. The van der Waals surface area contributed by atoms with Crippen molar-refractivity contribution in [1.82, 2.24) is 9.97 Å². The molecule has 1 aliphatic rings. The molecule has 0 radical (unpaired) electrons. The fourth-order valence-corrected chi connectivity index (χ4v) is 3.36. The molecular weight excluding hydrogens is 370 g/mol. The highest BCUT2D eigenvalue weighted by atomic mass is 32.2. The molecule has 28 heavy (non-hydrogen) atoms. The van der Waals surface area contributed by atoms with E-state index in [4.69, 9.17) is 6.17 Å². The van der Waals surface area contributed by atoms with Crippen molar-refractivity contribution in [2.75, 3.05) is 0 Å². The Labute approximate surface area is 171 Å². The van der Waals surface area contributed by atoms with E-state index in [0.29, 0.717) is 0 Å². The summed E-state index contributed by atoms with van der Waals surface area (Å²) in [6, 6.07) is 20.7. The number of ether oxygens (including phenoxy) is 1. The van der Waals surface area contributed by atoms with Crippen molar-refractivity contribution < 1.29 is 9.29 Å². The lowest BCUT2D eigenvalue weighted by molar-refractivity contribution is 0.212.